The number of rotatable bonds is 4. The first-order valence-corrected chi connectivity index (χ1v) is 6.11. The molecule has 0 spiro atoms. The highest BCUT2D eigenvalue weighted by Gasteiger charge is 2.28. The van der Waals surface area contributed by atoms with Crippen LogP contribution in [0.1, 0.15) is 22.3 Å². The Bertz CT molecular complexity index is 548. The molecule has 1 aliphatic rings. The first kappa shape index (κ1) is 13.1. The molecule has 1 aliphatic heterocycles. The van der Waals surface area contributed by atoms with Crippen LogP contribution >= 0.6 is 0 Å². The molecule has 0 aromatic heterocycles. The van der Waals surface area contributed by atoms with E-state index in [0.717, 1.165) is 5.56 Å². The minimum Gasteiger partial charge on any atom is -0.343 e. The normalized spacial score (nSPS) is 13.1. The number of benzene rings is 1. The average Bonchev–Trinajstić information content (AvgIpc) is 2.73. The van der Waals surface area contributed by atoms with Gasteiger partial charge in [-0.1, -0.05) is 18.2 Å². The van der Waals surface area contributed by atoms with Crippen molar-refractivity contribution in [3.63, 3.8) is 0 Å². The molecule has 1 aromatic rings. The molecule has 2 amide bonds. The second kappa shape index (κ2) is 5.53. The number of nitriles is 1. The van der Waals surface area contributed by atoms with Gasteiger partial charge < -0.3 is 9.80 Å². The van der Waals surface area contributed by atoms with Gasteiger partial charge in [-0.15, -0.1) is 0 Å². The van der Waals surface area contributed by atoms with Gasteiger partial charge in [-0.3, -0.25) is 9.59 Å². The molecule has 0 N–H and O–H groups in total. The van der Waals surface area contributed by atoms with Crippen LogP contribution in [0.3, 0.4) is 0 Å². The number of nitrogens with zero attached hydrogens (tertiary/aromatic N) is 3. The van der Waals surface area contributed by atoms with E-state index in [1.165, 1.54) is 9.80 Å². The Labute approximate surface area is 112 Å². The average molecular weight is 257 g/mol. The van der Waals surface area contributed by atoms with Crippen LogP contribution < -0.4 is 0 Å². The Kier molecular flexibility index (Phi) is 3.81. The van der Waals surface area contributed by atoms with Gasteiger partial charge in [-0.2, -0.15) is 5.26 Å². The van der Waals surface area contributed by atoms with Gasteiger partial charge in [0.15, 0.2) is 0 Å². The third-order valence-corrected chi connectivity index (χ3v) is 3.21. The lowest BCUT2D eigenvalue weighted by atomic mass is 10.1. The summed E-state index contributed by atoms with van der Waals surface area (Å²) in [5, 5.41) is 8.49. The van der Waals surface area contributed by atoms with E-state index >= 15 is 0 Å². The van der Waals surface area contributed by atoms with Crippen LogP contribution in [0, 0.1) is 11.3 Å². The summed E-state index contributed by atoms with van der Waals surface area (Å²) in [6, 6.07) is 9.38. The minimum absolute atomic E-state index is 0.0649. The van der Waals surface area contributed by atoms with Crippen LogP contribution in [-0.2, 0) is 11.3 Å². The van der Waals surface area contributed by atoms with Crippen molar-refractivity contribution >= 4 is 11.8 Å². The maximum Gasteiger partial charge on any atom is 0.254 e. The maximum atomic E-state index is 12.1. The fourth-order valence-electron chi connectivity index (χ4n) is 2.07. The van der Waals surface area contributed by atoms with Crippen LogP contribution in [0.15, 0.2) is 24.3 Å². The summed E-state index contributed by atoms with van der Waals surface area (Å²) in [6.45, 7) is 0.937. The van der Waals surface area contributed by atoms with E-state index in [2.05, 4.69) is 0 Å². The monoisotopic (exact) mass is 257 g/mol. The minimum atomic E-state index is -0.142. The van der Waals surface area contributed by atoms with Gasteiger partial charge in [0, 0.05) is 25.7 Å². The Morgan fingerprint density at radius 2 is 2.21 bits per heavy atom. The Balaban J connectivity index is 1.98. The van der Waals surface area contributed by atoms with Gasteiger partial charge >= 0.3 is 0 Å². The van der Waals surface area contributed by atoms with Gasteiger partial charge in [0.2, 0.25) is 5.91 Å². The standard InChI is InChI=1S/C14H15N3O2/c1-16(8-4-7-15)13(18)10-17-9-11-5-2-3-6-12(11)14(17)19/h2-3,5-6H,4,8-10H2,1H3. The van der Waals surface area contributed by atoms with E-state index < -0.39 is 0 Å². The molecule has 5 heteroatoms. The molecule has 0 bridgehead atoms. The second-order valence-electron chi connectivity index (χ2n) is 4.54. The lowest BCUT2D eigenvalue weighted by Crippen LogP contribution is -2.38. The molecule has 0 saturated heterocycles. The number of likely N-dealkylation sites (N-methyl/N-ethyl adjacent to an activating group) is 1. The first-order chi connectivity index (χ1) is 9.13. The lowest BCUT2D eigenvalue weighted by Gasteiger charge is -2.20. The van der Waals surface area contributed by atoms with Crippen molar-refractivity contribution in [1.82, 2.24) is 9.80 Å². The van der Waals surface area contributed by atoms with Crippen molar-refractivity contribution in [2.45, 2.75) is 13.0 Å². The van der Waals surface area contributed by atoms with Crippen LogP contribution in [0.4, 0.5) is 0 Å². The molecule has 0 fully saturated rings. The molecule has 1 heterocycles. The predicted molar refractivity (Wildman–Crippen MR) is 69.0 cm³/mol. The molecule has 19 heavy (non-hydrogen) atoms. The molecule has 2 rings (SSSR count). The Morgan fingerprint density at radius 1 is 1.47 bits per heavy atom. The van der Waals surface area contributed by atoms with Gasteiger partial charge in [0.25, 0.3) is 5.91 Å². The van der Waals surface area contributed by atoms with Crippen molar-refractivity contribution in [3.05, 3.63) is 35.4 Å². The zero-order valence-electron chi connectivity index (χ0n) is 10.8. The number of amides is 2. The molecule has 0 radical (unpaired) electrons. The van der Waals surface area contributed by atoms with Gasteiger partial charge in [-0.25, -0.2) is 0 Å². The molecule has 0 saturated carbocycles. The summed E-state index contributed by atoms with van der Waals surface area (Å²) >= 11 is 0. The molecule has 98 valence electrons. The number of hydrogen-bond donors (Lipinski definition) is 0. The molecule has 0 atom stereocenters. The van der Waals surface area contributed by atoms with Crippen molar-refractivity contribution in [3.8, 4) is 6.07 Å². The SMILES string of the molecule is CN(CCC#N)C(=O)CN1Cc2ccccc2C1=O. The molecule has 0 unspecified atom stereocenters. The summed E-state index contributed by atoms with van der Waals surface area (Å²) in [5.74, 6) is -0.242. The highest BCUT2D eigenvalue weighted by atomic mass is 16.2. The highest BCUT2D eigenvalue weighted by Crippen LogP contribution is 2.21. The van der Waals surface area contributed by atoms with Gasteiger partial charge in [-0.05, 0) is 11.6 Å². The Morgan fingerprint density at radius 3 is 2.89 bits per heavy atom. The molecule has 0 aliphatic carbocycles. The maximum absolute atomic E-state index is 12.1. The molecule has 5 nitrogen and oxygen atoms in total. The number of fused-ring (bicyclic) bond motifs is 1. The highest BCUT2D eigenvalue weighted by molar-refractivity contribution is 6.00. The van der Waals surface area contributed by atoms with Gasteiger partial charge in [0.1, 0.15) is 6.54 Å². The first-order valence-electron chi connectivity index (χ1n) is 6.11. The molecular formula is C14H15N3O2. The molecular weight excluding hydrogens is 242 g/mol. The third kappa shape index (κ3) is 2.74. The zero-order valence-corrected chi connectivity index (χ0v) is 10.8. The van der Waals surface area contributed by atoms with Crippen molar-refractivity contribution in [1.29, 1.82) is 5.26 Å². The number of carbonyl (C=O) groups is 2. The second-order valence-corrected chi connectivity index (χ2v) is 4.54. The van der Waals surface area contributed by atoms with Crippen LogP contribution in [0.5, 0.6) is 0 Å². The van der Waals surface area contributed by atoms with Crippen LogP contribution in [0.25, 0.3) is 0 Å². The summed E-state index contributed by atoms with van der Waals surface area (Å²) < 4.78 is 0. The summed E-state index contributed by atoms with van der Waals surface area (Å²) in [5.41, 5.74) is 1.63. The third-order valence-electron chi connectivity index (χ3n) is 3.21. The quantitative estimate of drug-likeness (QED) is 0.808. The van der Waals surface area contributed by atoms with Crippen LogP contribution in [-0.4, -0.2) is 41.8 Å². The smallest absolute Gasteiger partial charge is 0.254 e. The topological polar surface area (TPSA) is 64.4 Å². The molecule has 1 aromatic carbocycles. The van der Waals surface area contributed by atoms with Crippen molar-refractivity contribution in [2.75, 3.05) is 20.1 Å². The zero-order chi connectivity index (χ0) is 13.8. The summed E-state index contributed by atoms with van der Waals surface area (Å²) in [6.07, 6.45) is 0.302. The van der Waals surface area contributed by atoms with E-state index in [-0.39, 0.29) is 18.4 Å². The van der Waals surface area contributed by atoms with E-state index in [1.54, 1.807) is 13.1 Å². The van der Waals surface area contributed by atoms with Gasteiger partial charge in [0.05, 0.1) is 12.5 Å². The number of hydrogen-bond acceptors (Lipinski definition) is 3. The lowest BCUT2D eigenvalue weighted by molar-refractivity contribution is -0.130. The van der Waals surface area contributed by atoms with E-state index in [0.29, 0.717) is 25.1 Å². The van der Waals surface area contributed by atoms with E-state index in [1.807, 2.05) is 24.3 Å². The van der Waals surface area contributed by atoms with E-state index in [9.17, 15) is 9.59 Å². The fourth-order valence-corrected chi connectivity index (χ4v) is 2.07. The summed E-state index contributed by atoms with van der Waals surface area (Å²) in [4.78, 5) is 27.0. The predicted octanol–water partition coefficient (Wildman–Crippen LogP) is 1.01. The van der Waals surface area contributed by atoms with Crippen molar-refractivity contribution in [2.24, 2.45) is 0 Å². The van der Waals surface area contributed by atoms with E-state index in [4.69, 9.17) is 5.26 Å². The number of carbonyl (C=O) groups excluding carboxylic acids is 2. The van der Waals surface area contributed by atoms with Crippen molar-refractivity contribution < 1.29 is 9.59 Å². The largest absolute Gasteiger partial charge is 0.343 e. The van der Waals surface area contributed by atoms with Crippen LogP contribution in [0.2, 0.25) is 0 Å². The summed E-state index contributed by atoms with van der Waals surface area (Å²) in [7, 11) is 1.65. The fraction of sp³-hybridized carbons (Fsp3) is 0.357. The Hall–Kier alpha value is -2.35.